The second kappa shape index (κ2) is 9.49. The minimum absolute atomic E-state index is 0.0931. The Hall–Kier alpha value is -1.90. The van der Waals surface area contributed by atoms with Gasteiger partial charge >= 0.3 is 0 Å². The number of aromatic nitrogens is 1. The molecule has 0 saturated carbocycles. The van der Waals surface area contributed by atoms with Crippen LogP contribution in [0.1, 0.15) is 42.9 Å². The van der Waals surface area contributed by atoms with Gasteiger partial charge < -0.3 is 4.90 Å². The first-order valence-corrected chi connectivity index (χ1v) is 12.8. The molecule has 6 nitrogen and oxygen atoms in total. The Balaban J connectivity index is 1.54. The minimum atomic E-state index is -3.50. The van der Waals surface area contributed by atoms with E-state index in [2.05, 4.69) is 4.98 Å². The molecule has 30 heavy (non-hydrogen) atoms. The Morgan fingerprint density at radius 1 is 0.900 bits per heavy atom. The average molecular weight is 446 g/mol. The third-order valence-electron chi connectivity index (χ3n) is 5.64. The van der Waals surface area contributed by atoms with Crippen molar-refractivity contribution in [2.75, 3.05) is 26.2 Å². The molecule has 2 aromatic rings. The Labute approximate surface area is 182 Å². The molecule has 0 bridgehead atoms. The van der Waals surface area contributed by atoms with Crippen LogP contribution in [0.4, 0.5) is 0 Å². The van der Waals surface area contributed by atoms with Crippen molar-refractivity contribution in [1.29, 1.82) is 0 Å². The lowest BCUT2D eigenvalue weighted by Crippen LogP contribution is -2.35. The predicted octanol–water partition coefficient (Wildman–Crippen LogP) is 3.71. The third-order valence-corrected chi connectivity index (χ3v) is 8.72. The molecule has 2 aliphatic rings. The quantitative estimate of drug-likeness (QED) is 0.634. The van der Waals surface area contributed by atoms with Crippen molar-refractivity contribution in [3.63, 3.8) is 0 Å². The maximum absolute atomic E-state index is 13.2. The highest BCUT2D eigenvalue weighted by Crippen LogP contribution is 2.37. The summed E-state index contributed by atoms with van der Waals surface area (Å²) < 4.78 is 27.2. The van der Waals surface area contributed by atoms with Gasteiger partial charge in [0.25, 0.3) is 0 Å². The number of carbonyl (C=O) groups excluding carboxylic acids is 1. The summed E-state index contributed by atoms with van der Waals surface area (Å²) in [6.45, 7) is 2.73. The summed E-state index contributed by atoms with van der Waals surface area (Å²) >= 11 is 1.38. The van der Waals surface area contributed by atoms with Crippen LogP contribution in [0, 0.1) is 0 Å². The summed E-state index contributed by atoms with van der Waals surface area (Å²) in [7, 11) is -3.50. The maximum atomic E-state index is 13.2. The molecule has 0 aliphatic carbocycles. The zero-order valence-corrected chi connectivity index (χ0v) is 18.6. The molecule has 0 N–H and O–H groups in total. The first-order valence-electron chi connectivity index (χ1n) is 10.5. The molecule has 4 rings (SSSR count). The van der Waals surface area contributed by atoms with Crippen LogP contribution in [0.2, 0.25) is 0 Å². The van der Waals surface area contributed by atoms with E-state index >= 15 is 0 Å². The van der Waals surface area contributed by atoms with E-state index < -0.39 is 10.0 Å². The molecule has 2 saturated heterocycles. The minimum Gasteiger partial charge on any atom is -0.341 e. The van der Waals surface area contributed by atoms with Gasteiger partial charge in [-0.2, -0.15) is 4.31 Å². The van der Waals surface area contributed by atoms with Gasteiger partial charge in [0.05, 0.1) is 5.03 Å². The molecule has 0 spiro atoms. The number of rotatable bonds is 6. The lowest BCUT2D eigenvalue weighted by Gasteiger charge is -2.26. The summed E-state index contributed by atoms with van der Waals surface area (Å²) in [4.78, 5) is 19.7. The van der Waals surface area contributed by atoms with Crippen LogP contribution in [-0.2, 0) is 14.8 Å². The normalized spacial score (nSPS) is 19.0. The molecule has 0 unspecified atom stereocenters. The molecule has 1 aromatic heterocycles. The zero-order valence-electron chi connectivity index (χ0n) is 16.9. The summed E-state index contributed by atoms with van der Waals surface area (Å²) in [5.74, 6) is 0.0931. The molecule has 1 amide bonds. The van der Waals surface area contributed by atoms with Crippen molar-refractivity contribution in [1.82, 2.24) is 14.2 Å². The maximum Gasteiger partial charge on any atom is 0.244 e. The van der Waals surface area contributed by atoms with Crippen molar-refractivity contribution in [2.24, 2.45) is 0 Å². The van der Waals surface area contributed by atoms with E-state index in [1.54, 1.807) is 16.4 Å². The lowest BCUT2D eigenvalue weighted by molar-refractivity contribution is -0.129. The number of amides is 1. The fourth-order valence-corrected chi connectivity index (χ4v) is 6.46. The van der Waals surface area contributed by atoms with Gasteiger partial charge in [0.15, 0.2) is 0 Å². The standard InChI is InChI=1S/C22H27N3O3S2/c26-22(24-13-7-8-14-24)21(18-9-3-1-4-10-18)29-20-12-11-19(17-23-20)30(27,28)25-15-5-2-6-16-25/h1,3-4,9-12,17,21H,2,5-8,13-16H2/t21-/m1/s1. The highest BCUT2D eigenvalue weighted by atomic mass is 32.2. The number of likely N-dealkylation sites (tertiary alicyclic amines) is 1. The molecule has 2 aliphatic heterocycles. The number of nitrogens with zero attached hydrogens (tertiary/aromatic N) is 3. The van der Waals surface area contributed by atoms with Crippen molar-refractivity contribution in [3.05, 3.63) is 54.2 Å². The SMILES string of the molecule is O=C([C@H](Sc1ccc(S(=O)(=O)N2CCCCC2)cn1)c1ccccc1)N1CCCC1. The van der Waals surface area contributed by atoms with E-state index in [-0.39, 0.29) is 16.1 Å². The van der Waals surface area contributed by atoms with E-state index in [1.165, 1.54) is 18.0 Å². The number of hydrogen-bond acceptors (Lipinski definition) is 5. The van der Waals surface area contributed by atoms with Crippen LogP contribution >= 0.6 is 11.8 Å². The second-order valence-corrected chi connectivity index (χ2v) is 10.8. The van der Waals surface area contributed by atoms with Crippen LogP contribution in [0.25, 0.3) is 0 Å². The van der Waals surface area contributed by atoms with E-state index in [4.69, 9.17) is 0 Å². The Bertz CT molecular complexity index is 953. The van der Waals surface area contributed by atoms with Gasteiger partial charge in [-0.1, -0.05) is 48.5 Å². The summed E-state index contributed by atoms with van der Waals surface area (Å²) in [5.41, 5.74) is 0.936. The largest absolute Gasteiger partial charge is 0.341 e. The van der Waals surface area contributed by atoms with Crippen LogP contribution < -0.4 is 0 Å². The van der Waals surface area contributed by atoms with Crippen LogP contribution in [0.3, 0.4) is 0 Å². The fourth-order valence-electron chi connectivity index (χ4n) is 3.96. The first-order chi connectivity index (χ1) is 14.6. The highest BCUT2D eigenvalue weighted by molar-refractivity contribution is 8.00. The first kappa shape index (κ1) is 21.3. The topological polar surface area (TPSA) is 70.6 Å². The fraction of sp³-hybridized carbons (Fsp3) is 0.455. The van der Waals surface area contributed by atoms with Gasteiger partial charge in [0, 0.05) is 32.4 Å². The Kier molecular flexibility index (Phi) is 6.75. The molecular formula is C22H27N3O3S2. The Morgan fingerprint density at radius 2 is 1.57 bits per heavy atom. The van der Waals surface area contributed by atoms with Gasteiger partial charge in [-0.3, -0.25) is 4.79 Å². The number of piperidine rings is 1. The number of hydrogen-bond donors (Lipinski definition) is 0. The molecule has 0 radical (unpaired) electrons. The number of benzene rings is 1. The molecule has 1 aromatic carbocycles. The van der Waals surface area contributed by atoms with E-state index in [0.29, 0.717) is 18.1 Å². The molecule has 3 heterocycles. The van der Waals surface area contributed by atoms with Crippen LogP contribution in [0.5, 0.6) is 0 Å². The van der Waals surface area contributed by atoms with Crippen molar-refractivity contribution in [3.8, 4) is 0 Å². The van der Waals surface area contributed by atoms with Gasteiger partial charge in [-0.25, -0.2) is 13.4 Å². The summed E-state index contributed by atoms with van der Waals surface area (Å²) in [5, 5.41) is 0.260. The van der Waals surface area contributed by atoms with Gasteiger partial charge in [0.2, 0.25) is 15.9 Å². The van der Waals surface area contributed by atoms with E-state index in [1.807, 2.05) is 35.2 Å². The zero-order chi connectivity index (χ0) is 21.0. The summed E-state index contributed by atoms with van der Waals surface area (Å²) in [6, 6.07) is 13.0. The third kappa shape index (κ3) is 4.71. The van der Waals surface area contributed by atoms with Crippen LogP contribution in [-0.4, -0.2) is 54.7 Å². The lowest BCUT2D eigenvalue weighted by atomic mass is 10.1. The number of pyridine rings is 1. The smallest absolute Gasteiger partial charge is 0.244 e. The molecule has 1 atom stereocenters. The predicted molar refractivity (Wildman–Crippen MR) is 118 cm³/mol. The molecule has 160 valence electrons. The van der Waals surface area contributed by atoms with E-state index in [0.717, 1.165) is 50.8 Å². The van der Waals surface area contributed by atoms with Crippen molar-refractivity contribution < 1.29 is 13.2 Å². The van der Waals surface area contributed by atoms with Crippen molar-refractivity contribution in [2.45, 2.75) is 47.3 Å². The van der Waals surface area contributed by atoms with Gasteiger partial charge in [0.1, 0.15) is 10.1 Å². The van der Waals surface area contributed by atoms with Crippen molar-refractivity contribution >= 4 is 27.7 Å². The highest BCUT2D eigenvalue weighted by Gasteiger charge is 2.30. The molecule has 8 heteroatoms. The number of sulfonamides is 1. The number of carbonyl (C=O) groups is 1. The molecule has 2 fully saturated rings. The summed E-state index contributed by atoms with van der Waals surface area (Å²) in [6.07, 6.45) is 6.38. The Morgan fingerprint density at radius 3 is 2.20 bits per heavy atom. The van der Waals surface area contributed by atoms with E-state index in [9.17, 15) is 13.2 Å². The van der Waals surface area contributed by atoms with Gasteiger partial charge in [-0.05, 0) is 43.4 Å². The second-order valence-electron chi connectivity index (χ2n) is 7.74. The molecular weight excluding hydrogens is 418 g/mol. The monoisotopic (exact) mass is 445 g/mol. The average Bonchev–Trinajstić information content (AvgIpc) is 3.34. The number of thioether (sulfide) groups is 1. The van der Waals surface area contributed by atoms with Crippen LogP contribution in [0.15, 0.2) is 58.6 Å². The van der Waals surface area contributed by atoms with Gasteiger partial charge in [-0.15, -0.1) is 0 Å².